The molecule has 0 fully saturated rings. The summed E-state index contributed by atoms with van der Waals surface area (Å²) in [4.78, 5) is 14.8. The number of nitrogens with one attached hydrogen (secondary N) is 1. The van der Waals surface area contributed by atoms with Gasteiger partial charge < -0.3 is 10.3 Å². The van der Waals surface area contributed by atoms with Crippen molar-refractivity contribution in [2.45, 2.75) is 13.5 Å². The highest BCUT2D eigenvalue weighted by Gasteiger charge is 2.08. The molecule has 2 aromatic heterocycles. The molecule has 6 heteroatoms. The van der Waals surface area contributed by atoms with Crippen molar-refractivity contribution in [2.24, 2.45) is 5.84 Å². The summed E-state index contributed by atoms with van der Waals surface area (Å²) in [7, 11) is 0. The zero-order chi connectivity index (χ0) is 12.8. The van der Waals surface area contributed by atoms with E-state index in [0.717, 1.165) is 18.1 Å². The quantitative estimate of drug-likeness (QED) is 0.607. The topological polar surface area (TPSA) is 80.0 Å². The van der Waals surface area contributed by atoms with Crippen LogP contribution < -0.4 is 16.2 Å². The molecule has 0 amide bonds. The van der Waals surface area contributed by atoms with Crippen molar-refractivity contribution in [1.82, 2.24) is 15.0 Å². The third-order valence-corrected chi connectivity index (χ3v) is 2.55. The van der Waals surface area contributed by atoms with E-state index in [-0.39, 0.29) is 0 Å². The maximum absolute atomic E-state index is 5.33. The number of anilines is 2. The van der Waals surface area contributed by atoms with Gasteiger partial charge in [-0.15, -0.1) is 0 Å². The molecule has 0 aliphatic rings. The third kappa shape index (κ3) is 2.92. The number of pyridine rings is 1. The van der Waals surface area contributed by atoms with Gasteiger partial charge in [-0.25, -0.2) is 10.8 Å². The van der Waals surface area contributed by atoms with Crippen molar-refractivity contribution < 1.29 is 0 Å². The van der Waals surface area contributed by atoms with E-state index in [4.69, 9.17) is 5.84 Å². The van der Waals surface area contributed by atoms with Crippen molar-refractivity contribution in [2.75, 3.05) is 16.9 Å². The fraction of sp³-hybridized carbons (Fsp3) is 0.250. The summed E-state index contributed by atoms with van der Waals surface area (Å²) in [6.07, 6.45) is 5.08. The van der Waals surface area contributed by atoms with Crippen LogP contribution in [0.3, 0.4) is 0 Å². The van der Waals surface area contributed by atoms with Crippen molar-refractivity contribution in [3.63, 3.8) is 0 Å². The predicted molar refractivity (Wildman–Crippen MR) is 70.8 cm³/mol. The van der Waals surface area contributed by atoms with Crippen LogP contribution in [0.5, 0.6) is 0 Å². The van der Waals surface area contributed by atoms with Crippen molar-refractivity contribution in [1.29, 1.82) is 0 Å². The van der Waals surface area contributed by atoms with Gasteiger partial charge in [0.15, 0.2) is 5.82 Å². The summed E-state index contributed by atoms with van der Waals surface area (Å²) in [5.74, 6) is 6.65. The van der Waals surface area contributed by atoms with Gasteiger partial charge in [-0.2, -0.15) is 0 Å². The van der Waals surface area contributed by atoms with Crippen LogP contribution in [-0.2, 0) is 6.54 Å². The molecule has 0 bridgehead atoms. The standard InChI is InChI=1S/C12H16N6/c1-2-18(9-10-5-3-4-6-15-10)12-8-14-7-11(16-12)17-13/h3-8H,2,9,13H2,1H3,(H,16,17). The summed E-state index contributed by atoms with van der Waals surface area (Å²) in [6, 6.07) is 5.86. The molecule has 0 saturated carbocycles. The number of nitrogen functional groups attached to an aromatic ring is 1. The first-order valence-electron chi connectivity index (χ1n) is 5.77. The Balaban J connectivity index is 2.17. The van der Waals surface area contributed by atoms with Crippen LogP contribution >= 0.6 is 0 Å². The molecule has 6 nitrogen and oxygen atoms in total. The lowest BCUT2D eigenvalue weighted by Gasteiger charge is -2.21. The van der Waals surface area contributed by atoms with Crippen LogP contribution in [0.25, 0.3) is 0 Å². The molecule has 0 aliphatic carbocycles. The van der Waals surface area contributed by atoms with Gasteiger partial charge in [0.1, 0.15) is 5.82 Å². The zero-order valence-corrected chi connectivity index (χ0v) is 10.2. The third-order valence-electron chi connectivity index (χ3n) is 2.55. The number of hydrazine groups is 1. The molecule has 0 saturated heterocycles. The van der Waals surface area contributed by atoms with Crippen LogP contribution in [-0.4, -0.2) is 21.5 Å². The van der Waals surface area contributed by atoms with E-state index in [9.17, 15) is 0 Å². The van der Waals surface area contributed by atoms with E-state index in [1.54, 1.807) is 18.6 Å². The number of nitrogens with zero attached hydrogens (tertiary/aromatic N) is 4. The van der Waals surface area contributed by atoms with E-state index in [1.165, 1.54) is 0 Å². The van der Waals surface area contributed by atoms with E-state index >= 15 is 0 Å². The lowest BCUT2D eigenvalue weighted by molar-refractivity contribution is 0.790. The minimum atomic E-state index is 0.548. The summed E-state index contributed by atoms with van der Waals surface area (Å²) in [5, 5.41) is 0. The molecule has 0 radical (unpaired) electrons. The summed E-state index contributed by atoms with van der Waals surface area (Å²) in [5.41, 5.74) is 3.49. The SMILES string of the molecule is CCN(Cc1ccccn1)c1cncc(NN)n1. The molecular weight excluding hydrogens is 228 g/mol. The molecule has 0 spiro atoms. The average Bonchev–Trinajstić information content (AvgIpc) is 2.46. The Morgan fingerprint density at radius 1 is 1.33 bits per heavy atom. The Labute approximate surface area is 106 Å². The number of aromatic nitrogens is 3. The predicted octanol–water partition coefficient (Wildman–Crippen LogP) is 1.18. The largest absolute Gasteiger partial charge is 0.350 e. The lowest BCUT2D eigenvalue weighted by atomic mass is 10.3. The van der Waals surface area contributed by atoms with Crippen LogP contribution in [0.4, 0.5) is 11.6 Å². The normalized spacial score (nSPS) is 10.1. The molecule has 0 unspecified atom stereocenters. The van der Waals surface area contributed by atoms with Gasteiger partial charge in [0.2, 0.25) is 0 Å². The lowest BCUT2D eigenvalue weighted by Crippen LogP contribution is -2.24. The van der Waals surface area contributed by atoms with Gasteiger partial charge in [0.25, 0.3) is 0 Å². The number of nitrogens with two attached hydrogens (primary N) is 1. The minimum absolute atomic E-state index is 0.548. The van der Waals surface area contributed by atoms with Gasteiger partial charge in [-0.05, 0) is 19.1 Å². The van der Waals surface area contributed by atoms with Crippen LogP contribution in [0.1, 0.15) is 12.6 Å². The Morgan fingerprint density at radius 3 is 2.89 bits per heavy atom. The summed E-state index contributed by atoms with van der Waals surface area (Å²) >= 11 is 0. The van der Waals surface area contributed by atoms with Gasteiger partial charge >= 0.3 is 0 Å². The first-order chi connectivity index (χ1) is 8.83. The minimum Gasteiger partial charge on any atom is -0.350 e. The second-order valence-electron chi connectivity index (χ2n) is 3.74. The number of hydrogen-bond acceptors (Lipinski definition) is 6. The summed E-state index contributed by atoms with van der Waals surface area (Å²) in [6.45, 7) is 3.58. The monoisotopic (exact) mass is 244 g/mol. The second-order valence-corrected chi connectivity index (χ2v) is 3.74. The highest BCUT2D eigenvalue weighted by atomic mass is 15.3. The van der Waals surface area contributed by atoms with Gasteiger partial charge in [-0.3, -0.25) is 9.97 Å². The van der Waals surface area contributed by atoms with Gasteiger partial charge in [-0.1, -0.05) is 6.07 Å². The molecule has 18 heavy (non-hydrogen) atoms. The molecule has 0 atom stereocenters. The Bertz CT molecular complexity index is 487. The van der Waals surface area contributed by atoms with E-state index in [1.807, 2.05) is 18.2 Å². The number of rotatable bonds is 5. The molecule has 94 valence electrons. The average molecular weight is 244 g/mol. The highest BCUT2D eigenvalue weighted by molar-refractivity contribution is 5.43. The molecular formula is C12H16N6. The van der Waals surface area contributed by atoms with Crippen LogP contribution in [0.2, 0.25) is 0 Å². The van der Waals surface area contributed by atoms with Crippen LogP contribution in [0.15, 0.2) is 36.8 Å². The fourth-order valence-corrected chi connectivity index (χ4v) is 1.62. The molecule has 2 heterocycles. The Hall–Kier alpha value is -2.21. The second kappa shape index (κ2) is 5.92. The number of hydrogen-bond donors (Lipinski definition) is 2. The maximum atomic E-state index is 5.33. The molecule has 0 aliphatic heterocycles. The first-order valence-corrected chi connectivity index (χ1v) is 5.77. The molecule has 3 N–H and O–H groups in total. The molecule has 0 aromatic carbocycles. The Kier molecular flexibility index (Phi) is 4.03. The van der Waals surface area contributed by atoms with Crippen molar-refractivity contribution in [3.05, 3.63) is 42.5 Å². The van der Waals surface area contributed by atoms with Crippen molar-refractivity contribution in [3.8, 4) is 0 Å². The molecule has 2 aromatic rings. The van der Waals surface area contributed by atoms with E-state index < -0.39 is 0 Å². The Morgan fingerprint density at radius 2 is 2.22 bits per heavy atom. The smallest absolute Gasteiger partial charge is 0.160 e. The zero-order valence-electron chi connectivity index (χ0n) is 10.2. The fourth-order valence-electron chi connectivity index (χ4n) is 1.62. The highest BCUT2D eigenvalue weighted by Crippen LogP contribution is 2.14. The van der Waals surface area contributed by atoms with Crippen LogP contribution in [0, 0.1) is 0 Å². The van der Waals surface area contributed by atoms with E-state index in [2.05, 4.69) is 32.2 Å². The molecule has 2 rings (SSSR count). The van der Waals surface area contributed by atoms with Crippen molar-refractivity contribution >= 4 is 11.6 Å². The summed E-state index contributed by atoms with van der Waals surface area (Å²) < 4.78 is 0. The van der Waals surface area contributed by atoms with Gasteiger partial charge in [0.05, 0.1) is 24.6 Å². The maximum Gasteiger partial charge on any atom is 0.160 e. The van der Waals surface area contributed by atoms with Gasteiger partial charge in [0, 0.05) is 12.7 Å². The first kappa shape index (κ1) is 12.3. The van der Waals surface area contributed by atoms with E-state index in [0.29, 0.717) is 12.4 Å².